The number of carboxylic acid groups (broad SMARTS) is 3. The second-order valence-corrected chi connectivity index (χ2v) is 14.5. The molecule has 0 saturated heterocycles. The summed E-state index contributed by atoms with van der Waals surface area (Å²) in [5, 5.41) is 35.5. The fourth-order valence-corrected chi connectivity index (χ4v) is 6.27. The van der Waals surface area contributed by atoms with E-state index in [1.807, 2.05) is 0 Å². The molecule has 3 aromatic rings. The van der Waals surface area contributed by atoms with Crippen molar-refractivity contribution in [3.63, 3.8) is 0 Å². The van der Waals surface area contributed by atoms with Crippen LogP contribution in [-0.4, -0.2) is 130 Å². The molecule has 22 heteroatoms. The van der Waals surface area contributed by atoms with Gasteiger partial charge in [-0.1, -0.05) is 46.5 Å². The SMILES string of the molecule is CCCCC=Nc1ccc2c(c1)C(=O)N(CC(=O)O)C2=O.CCCCC=O.CCCCCNc1ccc2c(c1)C(=O)N(CC(=O)O)C2=O.Nc1ccc2c(c1)C(=O)N(CC(=O)O)C2=O.[B].[C-]#N.[Na+]. The molecule has 0 aliphatic carbocycles. The van der Waals surface area contributed by atoms with E-state index in [1.165, 1.54) is 30.3 Å². The van der Waals surface area contributed by atoms with Crippen molar-refractivity contribution in [3.05, 3.63) is 94.6 Å². The number of benzene rings is 3. The summed E-state index contributed by atoms with van der Waals surface area (Å²) in [6.07, 6.45) is 11.9. The predicted octanol–water partition coefficient (Wildman–Crippen LogP) is 2.27. The van der Waals surface area contributed by atoms with Crippen molar-refractivity contribution < 1.29 is 92.8 Å². The summed E-state index contributed by atoms with van der Waals surface area (Å²) in [7, 11) is 0. The number of nitrogens with zero attached hydrogens (tertiary/aromatic N) is 5. The van der Waals surface area contributed by atoms with E-state index in [2.05, 4.69) is 31.1 Å². The van der Waals surface area contributed by atoms with E-state index in [4.69, 9.17) is 32.9 Å². The van der Waals surface area contributed by atoms with E-state index in [0.717, 1.165) is 86.1 Å². The Hall–Kier alpha value is -7.02. The summed E-state index contributed by atoms with van der Waals surface area (Å²) in [5.41, 5.74) is 8.53. The minimum Gasteiger partial charge on any atom is -0.512 e. The van der Waals surface area contributed by atoms with Crippen molar-refractivity contribution in [3.8, 4) is 0 Å². The molecule has 6 rings (SSSR count). The number of nitrogens with two attached hydrogens (primary N) is 1. The second-order valence-electron chi connectivity index (χ2n) is 14.5. The largest absolute Gasteiger partial charge is 1.00 e. The van der Waals surface area contributed by atoms with E-state index < -0.39 is 73.0 Å². The van der Waals surface area contributed by atoms with Crippen molar-refractivity contribution in [2.24, 2.45) is 4.99 Å². The van der Waals surface area contributed by atoms with Crippen LogP contribution < -0.4 is 40.6 Å². The fraction of sp³-hybridized carbons (Fsp3) is 0.348. The van der Waals surface area contributed by atoms with Crippen molar-refractivity contribution in [2.45, 2.75) is 78.6 Å². The van der Waals surface area contributed by atoms with Gasteiger partial charge in [-0.3, -0.25) is 62.8 Å². The van der Waals surface area contributed by atoms with Crippen molar-refractivity contribution >= 4 is 91.3 Å². The van der Waals surface area contributed by atoms with E-state index in [9.17, 15) is 47.9 Å². The van der Waals surface area contributed by atoms with Crippen LogP contribution in [0.4, 0.5) is 17.1 Å². The van der Waals surface area contributed by atoms with Crippen molar-refractivity contribution in [2.75, 3.05) is 37.2 Å². The van der Waals surface area contributed by atoms with E-state index in [0.29, 0.717) is 16.3 Å². The smallest absolute Gasteiger partial charge is 0.512 e. The summed E-state index contributed by atoms with van der Waals surface area (Å²) >= 11 is 0. The summed E-state index contributed by atoms with van der Waals surface area (Å²) in [4.78, 5) is 119. The molecule has 3 aromatic carbocycles. The maximum absolute atomic E-state index is 12.1. The predicted molar refractivity (Wildman–Crippen MR) is 245 cm³/mol. The van der Waals surface area contributed by atoms with Crippen molar-refractivity contribution in [1.29, 1.82) is 5.26 Å². The Morgan fingerprint density at radius 3 is 1.43 bits per heavy atom. The first kappa shape index (κ1) is 61.0. The van der Waals surface area contributed by atoms with Gasteiger partial charge in [0.2, 0.25) is 0 Å². The minimum atomic E-state index is -1.23. The molecule has 0 bridgehead atoms. The number of nitrogen functional groups attached to an aromatic ring is 1. The van der Waals surface area contributed by atoms with Gasteiger partial charge >= 0.3 is 47.5 Å². The number of aliphatic imine (C=N–C) groups is 1. The third kappa shape index (κ3) is 17.3. The van der Waals surface area contributed by atoms with Gasteiger partial charge in [-0.2, -0.15) is 0 Å². The molecular weight excluding hydrogens is 892 g/mol. The average molecular weight is 945 g/mol. The zero-order chi connectivity index (χ0) is 49.5. The number of hydrogen-bond acceptors (Lipinski definition) is 14. The van der Waals surface area contributed by atoms with Gasteiger partial charge in [0.25, 0.3) is 35.4 Å². The van der Waals surface area contributed by atoms with Gasteiger partial charge in [0.05, 0.1) is 39.1 Å². The van der Waals surface area contributed by atoms with Crippen LogP contribution in [0.1, 0.15) is 141 Å². The van der Waals surface area contributed by atoms with Gasteiger partial charge in [-0.15, -0.1) is 0 Å². The first-order valence-electron chi connectivity index (χ1n) is 20.8. The first-order chi connectivity index (χ1) is 31.5. The van der Waals surface area contributed by atoms with Gasteiger partial charge in [0.1, 0.15) is 25.9 Å². The van der Waals surface area contributed by atoms with E-state index >= 15 is 0 Å². The number of imide groups is 3. The first-order valence-corrected chi connectivity index (χ1v) is 20.8. The molecule has 0 spiro atoms. The van der Waals surface area contributed by atoms with E-state index in [-0.39, 0.29) is 71.4 Å². The Balaban J connectivity index is 0.000000910. The van der Waals surface area contributed by atoms with Crippen LogP contribution >= 0.6 is 0 Å². The molecule has 6 amide bonds. The summed E-state index contributed by atoms with van der Waals surface area (Å²) in [6, 6.07) is 13.9. The van der Waals surface area contributed by atoms with E-state index in [1.54, 1.807) is 30.5 Å². The number of fused-ring (bicyclic) bond motifs is 3. The number of rotatable bonds is 18. The summed E-state index contributed by atoms with van der Waals surface area (Å²) in [6.45, 7) is 9.97. The molecular formula is C46H52BN7NaO13. The van der Waals surface area contributed by atoms with Crippen LogP contribution in [0.5, 0.6) is 0 Å². The van der Waals surface area contributed by atoms with Gasteiger partial charge in [-0.05, 0) is 80.3 Å². The second kappa shape index (κ2) is 31.0. The number of aliphatic carboxylic acids is 3. The molecule has 3 heterocycles. The standard InChI is InChI=1S/C15H18N2O4.C15H16N2O4.C10H8N2O4.C5H10O.CN.B.Na/c2*1-2-3-4-7-16-10-5-6-11-12(8-10)15(21)17(14(11)20)9-13(18)19;11-5-1-2-6-7(3-5)10(16)12(9(6)15)4-8(13)14;1-2-3-4-5-6;1-2;;/h5-6,8,16H,2-4,7,9H2,1H3,(H,18,19);5-8H,2-4,9H2,1H3,(H,18,19);1-3H,4,11H2,(H,13,14);5H,2-4H2,1H3;;;/q;;;;-1;;+1. The van der Waals surface area contributed by atoms with Crippen LogP contribution in [0.2, 0.25) is 0 Å². The number of carbonyl (C=O) groups excluding carboxylic acids is 7. The Morgan fingerprint density at radius 2 is 1.00 bits per heavy atom. The monoisotopic (exact) mass is 944 g/mol. The Bertz CT molecular complexity index is 2370. The number of carboxylic acids is 3. The summed E-state index contributed by atoms with van der Waals surface area (Å²) in [5.74, 6) is -7.12. The van der Waals surface area contributed by atoms with Gasteiger partial charge in [0, 0.05) is 39.0 Å². The molecule has 20 nitrogen and oxygen atoms in total. The Morgan fingerprint density at radius 1 is 0.603 bits per heavy atom. The van der Waals surface area contributed by atoms with Gasteiger partial charge in [0.15, 0.2) is 0 Å². The maximum Gasteiger partial charge on any atom is 1.00 e. The number of aldehydes is 1. The van der Waals surface area contributed by atoms with Crippen LogP contribution in [0.15, 0.2) is 59.6 Å². The number of hydrogen-bond donors (Lipinski definition) is 5. The topological polar surface area (TPSA) is 315 Å². The number of nitrogens with one attached hydrogen (secondary N) is 1. The van der Waals surface area contributed by atoms with Crippen molar-refractivity contribution in [1.82, 2.24) is 14.7 Å². The normalized spacial score (nSPS) is 12.6. The molecule has 353 valence electrons. The maximum atomic E-state index is 12.1. The molecule has 6 N–H and O–H groups in total. The molecule has 0 aromatic heterocycles. The quantitative estimate of drug-likeness (QED) is 0.0232. The Kier molecular flexibility index (Phi) is 27.8. The zero-order valence-corrected chi connectivity index (χ0v) is 40.4. The van der Waals surface area contributed by atoms with Gasteiger partial charge in [-0.25, -0.2) is 0 Å². The average Bonchev–Trinajstić information content (AvgIpc) is 3.77. The molecule has 3 radical (unpaired) electrons. The molecule has 68 heavy (non-hydrogen) atoms. The molecule has 0 saturated carbocycles. The molecule has 3 aliphatic rings. The van der Waals surface area contributed by atoms with Gasteiger partial charge < -0.3 is 43.0 Å². The fourth-order valence-electron chi connectivity index (χ4n) is 6.27. The molecule has 0 atom stereocenters. The molecule has 3 aliphatic heterocycles. The number of carbonyl (C=O) groups is 10. The van der Waals surface area contributed by atoms with Crippen LogP contribution in [-0.2, 0) is 19.2 Å². The van der Waals surface area contributed by atoms with Crippen LogP contribution in [0.3, 0.4) is 0 Å². The third-order valence-electron chi connectivity index (χ3n) is 9.51. The number of anilines is 2. The van der Waals surface area contributed by atoms with Crippen LogP contribution in [0, 0.1) is 11.8 Å². The zero-order valence-electron chi connectivity index (χ0n) is 38.4. The Labute approximate surface area is 417 Å². The minimum absolute atomic E-state index is 0. The molecule has 0 unspecified atom stereocenters. The van der Waals surface area contributed by atoms with Crippen LogP contribution in [0.25, 0.3) is 0 Å². The molecule has 0 fully saturated rings. The number of amides is 6. The summed E-state index contributed by atoms with van der Waals surface area (Å²) < 4.78 is 0. The number of unbranched alkanes of at least 4 members (excludes halogenated alkanes) is 6. The third-order valence-corrected chi connectivity index (χ3v) is 9.51.